The van der Waals surface area contributed by atoms with E-state index in [0.29, 0.717) is 31.6 Å². The van der Waals surface area contributed by atoms with Crippen LogP contribution < -0.4 is 10.6 Å². The summed E-state index contributed by atoms with van der Waals surface area (Å²) in [6.45, 7) is 6.17. The SMILES string of the molecule is CCCC1CN(C(Cc2ccc3ccccc3c2)C(=O)NC)CCN1C(=O)C(Cc1ccc(F)cc1)NC(=O)C(C)(C)O. The zero-order chi connectivity index (χ0) is 31.1. The van der Waals surface area contributed by atoms with Gasteiger partial charge in [0, 0.05) is 39.1 Å². The molecule has 3 unspecified atom stereocenters. The molecule has 1 fully saturated rings. The summed E-state index contributed by atoms with van der Waals surface area (Å²) in [5, 5.41) is 18.1. The summed E-state index contributed by atoms with van der Waals surface area (Å²) in [5.74, 6) is -1.38. The van der Waals surface area contributed by atoms with Gasteiger partial charge in [-0.1, -0.05) is 67.9 Å². The van der Waals surface area contributed by atoms with Crippen molar-refractivity contribution in [3.05, 3.63) is 83.7 Å². The Hall–Kier alpha value is -3.82. The number of nitrogens with zero attached hydrogens (tertiary/aromatic N) is 2. The first-order chi connectivity index (χ1) is 20.5. The molecule has 1 aliphatic heterocycles. The zero-order valence-electron chi connectivity index (χ0n) is 25.5. The Morgan fingerprint density at radius 2 is 1.65 bits per heavy atom. The summed E-state index contributed by atoms with van der Waals surface area (Å²) in [4.78, 5) is 44.0. The van der Waals surface area contributed by atoms with E-state index < -0.39 is 23.6 Å². The van der Waals surface area contributed by atoms with E-state index in [9.17, 15) is 23.9 Å². The van der Waals surface area contributed by atoms with E-state index in [-0.39, 0.29) is 30.1 Å². The lowest BCUT2D eigenvalue weighted by atomic mass is 9.97. The maximum atomic E-state index is 14.1. The van der Waals surface area contributed by atoms with Crippen molar-refractivity contribution < 1.29 is 23.9 Å². The summed E-state index contributed by atoms with van der Waals surface area (Å²) in [5.41, 5.74) is 0.0786. The van der Waals surface area contributed by atoms with Crippen molar-refractivity contribution in [1.29, 1.82) is 0 Å². The molecule has 9 heteroatoms. The van der Waals surface area contributed by atoms with Crippen LogP contribution in [0.15, 0.2) is 66.7 Å². The number of hydrogen-bond acceptors (Lipinski definition) is 5. The van der Waals surface area contributed by atoms with Crippen LogP contribution in [0.2, 0.25) is 0 Å². The zero-order valence-corrected chi connectivity index (χ0v) is 25.5. The van der Waals surface area contributed by atoms with Crippen molar-refractivity contribution in [1.82, 2.24) is 20.4 Å². The number of nitrogens with one attached hydrogen (secondary N) is 2. The molecule has 0 spiro atoms. The van der Waals surface area contributed by atoms with Crippen LogP contribution in [0.5, 0.6) is 0 Å². The predicted octanol–water partition coefficient (Wildman–Crippen LogP) is 3.45. The molecule has 3 N–H and O–H groups in total. The Balaban J connectivity index is 1.55. The highest BCUT2D eigenvalue weighted by Gasteiger charge is 2.39. The summed E-state index contributed by atoms with van der Waals surface area (Å²) in [7, 11) is 1.64. The van der Waals surface area contributed by atoms with Crippen molar-refractivity contribution >= 4 is 28.5 Å². The number of carbonyl (C=O) groups excluding carboxylic acids is 3. The van der Waals surface area contributed by atoms with Gasteiger partial charge in [0.2, 0.25) is 11.8 Å². The number of aliphatic hydroxyl groups is 1. The second kappa shape index (κ2) is 14.1. The van der Waals surface area contributed by atoms with Crippen LogP contribution in [0, 0.1) is 5.82 Å². The van der Waals surface area contributed by atoms with Crippen LogP contribution >= 0.6 is 0 Å². The fraction of sp³-hybridized carbons (Fsp3) is 0.441. The number of fused-ring (bicyclic) bond motifs is 1. The molecule has 230 valence electrons. The number of rotatable bonds is 11. The second-order valence-corrected chi connectivity index (χ2v) is 11.9. The Bertz CT molecular complexity index is 1420. The van der Waals surface area contributed by atoms with E-state index in [2.05, 4.69) is 52.8 Å². The molecule has 0 aliphatic carbocycles. The van der Waals surface area contributed by atoms with Gasteiger partial charge >= 0.3 is 0 Å². The number of carbonyl (C=O) groups is 3. The number of amides is 3. The molecule has 0 aromatic heterocycles. The highest BCUT2D eigenvalue weighted by molar-refractivity contribution is 5.91. The van der Waals surface area contributed by atoms with E-state index in [1.54, 1.807) is 24.1 Å². The highest BCUT2D eigenvalue weighted by Crippen LogP contribution is 2.23. The quantitative estimate of drug-likeness (QED) is 0.318. The normalized spacial score (nSPS) is 17.3. The Labute approximate surface area is 253 Å². The minimum Gasteiger partial charge on any atom is -0.381 e. The van der Waals surface area contributed by atoms with Gasteiger partial charge in [0.25, 0.3) is 5.91 Å². The third-order valence-electron chi connectivity index (χ3n) is 8.16. The first-order valence-corrected chi connectivity index (χ1v) is 15.0. The molecule has 3 amide bonds. The van der Waals surface area contributed by atoms with Crippen LogP contribution in [0.25, 0.3) is 10.8 Å². The van der Waals surface area contributed by atoms with Crippen molar-refractivity contribution in [3.63, 3.8) is 0 Å². The van der Waals surface area contributed by atoms with E-state index >= 15 is 0 Å². The van der Waals surface area contributed by atoms with Crippen LogP contribution in [-0.4, -0.2) is 83.0 Å². The average Bonchev–Trinajstić information content (AvgIpc) is 2.99. The number of halogens is 1. The molecule has 3 aromatic carbocycles. The van der Waals surface area contributed by atoms with Crippen molar-refractivity contribution in [2.24, 2.45) is 0 Å². The Morgan fingerprint density at radius 3 is 2.30 bits per heavy atom. The van der Waals surface area contributed by atoms with Gasteiger partial charge in [-0.05, 0) is 60.7 Å². The first kappa shape index (κ1) is 32.1. The minimum atomic E-state index is -1.67. The van der Waals surface area contributed by atoms with E-state index in [1.807, 2.05) is 12.1 Å². The number of benzene rings is 3. The van der Waals surface area contributed by atoms with Crippen LogP contribution in [0.1, 0.15) is 44.7 Å². The average molecular weight is 591 g/mol. The van der Waals surface area contributed by atoms with Gasteiger partial charge in [0.15, 0.2) is 0 Å². The van der Waals surface area contributed by atoms with Gasteiger partial charge in [0.05, 0.1) is 6.04 Å². The monoisotopic (exact) mass is 590 g/mol. The fourth-order valence-electron chi connectivity index (χ4n) is 5.77. The molecular formula is C34H43FN4O4. The summed E-state index contributed by atoms with van der Waals surface area (Å²) < 4.78 is 13.6. The molecule has 3 aromatic rings. The lowest BCUT2D eigenvalue weighted by Crippen LogP contribution is -2.63. The minimum absolute atomic E-state index is 0.0742. The number of hydrogen-bond donors (Lipinski definition) is 3. The number of likely N-dealkylation sites (N-methyl/N-ethyl adjacent to an activating group) is 1. The van der Waals surface area contributed by atoms with Gasteiger partial charge in [-0.2, -0.15) is 0 Å². The van der Waals surface area contributed by atoms with Crippen molar-refractivity contribution in [2.45, 2.75) is 70.2 Å². The third-order valence-corrected chi connectivity index (χ3v) is 8.16. The maximum Gasteiger partial charge on any atom is 0.252 e. The molecule has 0 radical (unpaired) electrons. The topological polar surface area (TPSA) is 102 Å². The molecule has 1 aliphatic rings. The Morgan fingerprint density at radius 1 is 0.977 bits per heavy atom. The van der Waals surface area contributed by atoms with Gasteiger partial charge in [-0.15, -0.1) is 0 Å². The van der Waals surface area contributed by atoms with E-state index in [4.69, 9.17) is 0 Å². The van der Waals surface area contributed by atoms with Gasteiger partial charge in [-0.25, -0.2) is 4.39 Å². The molecular weight excluding hydrogens is 547 g/mol. The maximum absolute atomic E-state index is 14.1. The van der Waals surface area contributed by atoms with E-state index in [1.165, 1.54) is 26.0 Å². The molecule has 0 saturated carbocycles. The van der Waals surface area contributed by atoms with E-state index in [0.717, 1.165) is 29.2 Å². The molecule has 43 heavy (non-hydrogen) atoms. The molecule has 1 heterocycles. The second-order valence-electron chi connectivity index (χ2n) is 11.9. The molecule has 0 bridgehead atoms. The largest absolute Gasteiger partial charge is 0.381 e. The lowest BCUT2D eigenvalue weighted by Gasteiger charge is -2.45. The first-order valence-electron chi connectivity index (χ1n) is 15.0. The Kier molecular flexibility index (Phi) is 10.5. The molecule has 1 saturated heterocycles. The van der Waals surface area contributed by atoms with Crippen molar-refractivity contribution in [2.75, 3.05) is 26.7 Å². The molecule has 3 atom stereocenters. The number of piperazine rings is 1. The van der Waals surface area contributed by atoms with Gasteiger partial charge in [0.1, 0.15) is 17.5 Å². The molecule has 4 rings (SSSR count). The summed E-state index contributed by atoms with van der Waals surface area (Å²) in [6.07, 6.45) is 2.24. The van der Waals surface area contributed by atoms with Gasteiger partial charge in [-0.3, -0.25) is 19.3 Å². The fourth-order valence-corrected chi connectivity index (χ4v) is 5.77. The highest BCUT2D eigenvalue weighted by atomic mass is 19.1. The standard InChI is InChI=1S/C34H43FN4O4/c1-5-8-28-22-38(30(31(40)36-4)21-24-11-14-25-9-6-7-10-26(25)19-24)17-18-39(28)32(41)29(37-33(42)34(2,3)43)20-23-12-15-27(35)16-13-23/h6-7,9-16,19,28-30,43H,5,8,17-18,20-22H2,1-4H3,(H,36,40)(H,37,42). The third kappa shape index (κ3) is 8.18. The predicted molar refractivity (Wildman–Crippen MR) is 166 cm³/mol. The summed E-state index contributed by atoms with van der Waals surface area (Å²) in [6, 6.07) is 18.7. The summed E-state index contributed by atoms with van der Waals surface area (Å²) >= 11 is 0. The van der Waals surface area contributed by atoms with Gasteiger partial charge < -0.3 is 20.6 Å². The smallest absolute Gasteiger partial charge is 0.252 e. The van der Waals surface area contributed by atoms with Crippen LogP contribution in [0.3, 0.4) is 0 Å². The van der Waals surface area contributed by atoms with Crippen LogP contribution in [0.4, 0.5) is 4.39 Å². The lowest BCUT2D eigenvalue weighted by molar-refractivity contribution is -0.146. The molecule has 8 nitrogen and oxygen atoms in total. The van der Waals surface area contributed by atoms with Crippen LogP contribution in [-0.2, 0) is 27.2 Å². The van der Waals surface area contributed by atoms with Crippen molar-refractivity contribution in [3.8, 4) is 0 Å².